The van der Waals surface area contributed by atoms with Gasteiger partial charge in [0.1, 0.15) is 5.82 Å². The molecule has 35 heavy (non-hydrogen) atoms. The number of benzene rings is 2. The fourth-order valence-electron chi connectivity index (χ4n) is 3.56. The molecule has 11 heteroatoms. The molecule has 0 amide bonds. The molecule has 0 spiro atoms. The minimum atomic E-state index is -4.57. The number of halogens is 3. The Morgan fingerprint density at radius 2 is 1.71 bits per heavy atom. The largest absolute Gasteiger partial charge is 0.417 e. The first kappa shape index (κ1) is 22.1. The molecule has 0 saturated heterocycles. The summed E-state index contributed by atoms with van der Waals surface area (Å²) in [6.07, 6.45) is -0.133. The van der Waals surface area contributed by atoms with Gasteiger partial charge in [-0.05, 0) is 60.5 Å². The van der Waals surface area contributed by atoms with Gasteiger partial charge in [0.2, 0.25) is 5.95 Å². The second kappa shape index (κ2) is 8.60. The van der Waals surface area contributed by atoms with Crippen molar-refractivity contribution in [3.8, 4) is 11.1 Å². The summed E-state index contributed by atoms with van der Waals surface area (Å²) in [5, 5.41) is 5.97. The second-order valence-corrected chi connectivity index (χ2v) is 7.69. The Balaban J connectivity index is 1.44. The molecule has 0 aliphatic carbocycles. The number of hydrogen-bond donors (Lipinski definition) is 3. The number of aryl methyl sites for hydroxylation is 1. The number of alkyl halides is 3. The molecule has 0 bridgehead atoms. The van der Waals surface area contributed by atoms with E-state index in [4.69, 9.17) is 4.42 Å². The van der Waals surface area contributed by atoms with E-state index in [1.54, 1.807) is 31.3 Å². The highest BCUT2D eigenvalue weighted by atomic mass is 19.4. The quantitative estimate of drug-likeness (QED) is 0.293. The third-order valence-electron chi connectivity index (χ3n) is 5.23. The monoisotopic (exact) mass is 478 g/mol. The van der Waals surface area contributed by atoms with Crippen LogP contribution in [0.1, 0.15) is 11.1 Å². The Morgan fingerprint density at radius 3 is 2.49 bits per heavy atom. The van der Waals surface area contributed by atoms with Crippen LogP contribution in [0.4, 0.5) is 36.3 Å². The molecule has 0 radical (unpaired) electrons. The first-order valence-corrected chi connectivity index (χ1v) is 10.4. The minimum Gasteiger partial charge on any atom is -0.408 e. The smallest absolute Gasteiger partial charge is 0.408 e. The van der Waals surface area contributed by atoms with Crippen LogP contribution in [-0.2, 0) is 6.18 Å². The molecule has 0 saturated carbocycles. The van der Waals surface area contributed by atoms with Crippen LogP contribution in [0.15, 0.2) is 76.3 Å². The van der Waals surface area contributed by atoms with Gasteiger partial charge in [-0.3, -0.25) is 9.97 Å². The van der Waals surface area contributed by atoms with E-state index in [0.29, 0.717) is 33.7 Å². The van der Waals surface area contributed by atoms with Gasteiger partial charge in [-0.1, -0.05) is 6.07 Å². The highest BCUT2D eigenvalue weighted by molar-refractivity contribution is 5.78. The van der Waals surface area contributed by atoms with Crippen molar-refractivity contribution in [2.75, 3.05) is 10.6 Å². The number of H-pyrrole nitrogens is 1. The Hall–Kier alpha value is -4.67. The van der Waals surface area contributed by atoms with Crippen LogP contribution in [0, 0.1) is 6.92 Å². The van der Waals surface area contributed by atoms with Gasteiger partial charge >= 0.3 is 11.9 Å². The maximum Gasteiger partial charge on any atom is 0.417 e. The summed E-state index contributed by atoms with van der Waals surface area (Å²) in [5.74, 6) is -0.00662. The number of nitrogens with zero attached hydrogens (tertiary/aromatic N) is 3. The van der Waals surface area contributed by atoms with Crippen molar-refractivity contribution in [3.05, 3.63) is 88.8 Å². The van der Waals surface area contributed by atoms with Crippen molar-refractivity contribution in [2.45, 2.75) is 13.1 Å². The average molecular weight is 478 g/mol. The number of aromatic amines is 1. The Morgan fingerprint density at radius 1 is 0.971 bits per heavy atom. The summed E-state index contributed by atoms with van der Waals surface area (Å²) in [5.41, 5.74) is 2.11. The van der Waals surface area contributed by atoms with E-state index in [1.165, 1.54) is 36.7 Å². The molecule has 0 aliphatic rings. The molecule has 3 aromatic heterocycles. The topological polar surface area (TPSA) is 109 Å². The summed E-state index contributed by atoms with van der Waals surface area (Å²) in [6, 6.07) is 12.0. The van der Waals surface area contributed by atoms with E-state index in [1.807, 2.05) is 0 Å². The van der Waals surface area contributed by atoms with E-state index in [2.05, 4.69) is 30.6 Å². The van der Waals surface area contributed by atoms with Gasteiger partial charge in [-0.15, -0.1) is 0 Å². The third-order valence-corrected chi connectivity index (χ3v) is 5.23. The summed E-state index contributed by atoms with van der Waals surface area (Å²) in [4.78, 5) is 26.4. The van der Waals surface area contributed by atoms with Gasteiger partial charge in [-0.2, -0.15) is 18.2 Å². The van der Waals surface area contributed by atoms with Gasteiger partial charge in [0.15, 0.2) is 5.58 Å². The fourth-order valence-corrected chi connectivity index (χ4v) is 3.56. The van der Waals surface area contributed by atoms with Crippen molar-refractivity contribution >= 4 is 34.2 Å². The number of pyridine rings is 1. The predicted molar refractivity (Wildman–Crippen MR) is 125 cm³/mol. The summed E-state index contributed by atoms with van der Waals surface area (Å²) in [6.45, 7) is 1.79. The molecular weight excluding hydrogens is 461 g/mol. The standard InChI is InChI=1S/C24H17F3N6O2/c1-13-12-29-22(33-21(13)30-16-3-5-20-19(11-16)32-23(34)35-20)31-15-2-4-17(14-6-8-28-9-7-14)18(10-15)24(25,26)27/h2-12H,1H3,(H,32,34)(H2,29,30,31,33). The zero-order valence-electron chi connectivity index (χ0n) is 18.1. The lowest BCUT2D eigenvalue weighted by atomic mass is 9.99. The van der Waals surface area contributed by atoms with E-state index in [-0.39, 0.29) is 17.2 Å². The van der Waals surface area contributed by atoms with Crippen LogP contribution in [-0.4, -0.2) is 19.9 Å². The van der Waals surface area contributed by atoms with Crippen molar-refractivity contribution in [3.63, 3.8) is 0 Å². The number of rotatable bonds is 5. The molecule has 0 fully saturated rings. The molecular formula is C24H17F3N6O2. The zero-order valence-corrected chi connectivity index (χ0v) is 18.1. The lowest BCUT2D eigenvalue weighted by molar-refractivity contribution is -0.137. The molecule has 176 valence electrons. The van der Waals surface area contributed by atoms with Crippen LogP contribution in [0.25, 0.3) is 22.2 Å². The van der Waals surface area contributed by atoms with E-state index in [9.17, 15) is 18.0 Å². The Labute approximate surface area is 195 Å². The average Bonchev–Trinajstić information content (AvgIpc) is 3.20. The van der Waals surface area contributed by atoms with Gasteiger partial charge in [-0.25, -0.2) is 9.78 Å². The second-order valence-electron chi connectivity index (χ2n) is 7.69. The van der Waals surface area contributed by atoms with Crippen molar-refractivity contribution in [1.82, 2.24) is 19.9 Å². The first-order chi connectivity index (χ1) is 16.8. The van der Waals surface area contributed by atoms with Gasteiger partial charge < -0.3 is 15.1 Å². The van der Waals surface area contributed by atoms with E-state index >= 15 is 0 Å². The zero-order chi connectivity index (χ0) is 24.6. The molecule has 8 nitrogen and oxygen atoms in total. The van der Waals surface area contributed by atoms with Crippen LogP contribution >= 0.6 is 0 Å². The number of fused-ring (bicyclic) bond motifs is 1. The number of nitrogens with one attached hydrogen (secondary N) is 3. The fraction of sp³-hybridized carbons (Fsp3) is 0.0833. The number of aromatic nitrogens is 4. The normalized spacial score (nSPS) is 11.5. The first-order valence-electron chi connectivity index (χ1n) is 10.4. The molecule has 0 atom stereocenters. The lowest BCUT2D eigenvalue weighted by Crippen LogP contribution is -2.09. The van der Waals surface area contributed by atoms with Crippen molar-refractivity contribution < 1.29 is 17.6 Å². The van der Waals surface area contributed by atoms with Gasteiger partial charge in [0.25, 0.3) is 0 Å². The molecule has 5 rings (SSSR count). The van der Waals surface area contributed by atoms with Gasteiger partial charge in [0.05, 0.1) is 11.1 Å². The van der Waals surface area contributed by atoms with Gasteiger partial charge in [0, 0.05) is 35.5 Å². The molecule has 3 N–H and O–H groups in total. The highest BCUT2D eigenvalue weighted by Gasteiger charge is 2.34. The van der Waals surface area contributed by atoms with E-state index in [0.717, 1.165) is 6.07 Å². The highest BCUT2D eigenvalue weighted by Crippen LogP contribution is 2.39. The van der Waals surface area contributed by atoms with Crippen LogP contribution in [0.2, 0.25) is 0 Å². The maximum atomic E-state index is 13.8. The molecule has 0 aliphatic heterocycles. The van der Waals surface area contributed by atoms with E-state index < -0.39 is 17.5 Å². The maximum absolute atomic E-state index is 13.8. The number of anilines is 4. The Bertz CT molecular complexity index is 1580. The molecule has 2 aromatic carbocycles. The molecule has 3 heterocycles. The summed E-state index contributed by atoms with van der Waals surface area (Å²) < 4.78 is 46.4. The molecule has 0 unspecified atom stereocenters. The molecule has 5 aromatic rings. The SMILES string of the molecule is Cc1cnc(Nc2ccc(-c3ccncc3)c(C(F)(F)F)c2)nc1Nc1ccc2oc(=O)[nH]c2c1. The predicted octanol–water partition coefficient (Wildman–Crippen LogP) is 5.79. The summed E-state index contributed by atoms with van der Waals surface area (Å²) >= 11 is 0. The Kier molecular flexibility index (Phi) is 5.44. The van der Waals surface area contributed by atoms with Crippen LogP contribution in [0.3, 0.4) is 0 Å². The van der Waals surface area contributed by atoms with Crippen molar-refractivity contribution in [1.29, 1.82) is 0 Å². The number of oxazole rings is 1. The third kappa shape index (κ3) is 4.69. The van der Waals surface area contributed by atoms with Crippen LogP contribution < -0.4 is 16.4 Å². The van der Waals surface area contributed by atoms with Crippen LogP contribution in [0.5, 0.6) is 0 Å². The number of hydrogen-bond acceptors (Lipinski definition) is 7. The lowest BCUT2D eigenvalue weighted by Gasteiger charge is -2.16. The minimum absolute atomic E-state index is 0.0466. The summed E-state index contributed by atoms with van der Waals surface area (Å²) in [7, 11) is 0. The van der Waals surface area contributed by atoms with Crippen molar-refractivity contribution in [2.24, 2.45) is 0 Å².